The van der Waals surface area contributed by atoms with E-state index in [0.717, 1.165) is 29.4 Å². The van der Waals surface area contributed by atoms with Crippen molar-refractivity contribution in [2.24, 2.45) is 7.05 Å². The number of benzene rings is 1. The fourth-order valence-corrected chi connectivity index (χ4v) is 4.60. The first kappa shape index (κ1) is 17.5. The van der Waals surface area contributed by atoms with Crippen molar-refractivity contribution < 1.29 is 4.39 Å². The molecule has 0 fully saturated rings. The van der Waals surface area contributed by atoms with Gasteiger partial charge in [-0.1, -0.05) is 42.8 Å². The van der Waals surface area contributed by atoms with Crippen molar-refractivity contribution in [2.75, 3.05) is 0 Å². The molecule has 0 spiro atoms. The summed E-state index contributed by atoms with van der Waals surface area (Å²) in [6.45, 7) is 2.17. The first-order chi connectivity index (χ1) is 11.6. The molecule has 24 heavy (non-hydrogen) atoms. The smallest absolute Gasteiger partial charge is 0.191 e. The van der Waals surface area contributed by atoms with E-state index < -0.39 is 0 Å². The summed E-state index contributed by atoms with van der Waals surface area (Å²) in [5.41, 5.74) is 1.57. The predicted molar refractivity (Wildman–Crippen MR) is 99.3 cm³/mol. The van der Waals surface area contributed by atoms with Crippen LogP contribution in [0.2, 0.25) is 5.02 Å². The minimum Gasteiger partial charge on any atom is -0.305 e. The summed E-state index contributed by atoms with van der Waals surface area (Å²) < 4.78 is 15.8. The molecule has 0 saturated heterocycles. The number of nitrogens with zero attached hydrogens (tertiary/aromatic N) is 3. The molecule has 0 aliphatic carbocycles. The Hall–Kier alpha value is -1.37. The van der Waals surface area contributed by atoms with Crippen LogP contribution in [0.1, 0.15) is 23.8 Å². The van der Waals surface area contributed by atoms with Crippen molar-refractivity contribution in [3.8, 4) is 11.4 Å². The highest BCUT2D eigenvalue weighted by Gasteiger charge is 2.14. The van der Waals surface area contributed by atoms with Crippen molar-refractivity contribution in [1.82, 2.24) is 14.8 Å². The average Bonchev–Trinajstić information content (AvgIpc) is 3.14. The third-order valence-electron chi connectivity index (χ3n) is 3.65. The summed E-state index contributed by atoms with van der Waals surface area (Å²) in [7, 11) is 1.93. The molecule has 3 rings (SSSR count). The van der Waals surface area contributed by atoms with Crippen molar-refractivity contribution in [3.63, 3.8) is 0 Å². The van der Waals surface area contributed by atoms with Gasteiger partial charge in [-0.15, -0.1) is 21.5 Å². The van der Waals surface area contributed by atoms with Gasteiger partial charge in [-0.3, -0.25) is 0 Å². The lowest BCUT2D eigenvalue weighted by Gasteiger charge is -2.05. The third-order valence-corrected chi connectivity index (χ3v) is 6.05. The Balaban J connectivity index is 1.77. The maximum atomic E-state index is 13.9. The fourth-order valence-electron chi connectivity index (χ4n) is 2.37. The van der Waals surface area contributed by atoms with Crippen LogP contribution in [0.25, 0.3) is 11.4 Å². The molecule has 2 aromatic heterocycles. The minimum absolute atomic E-state index is 0.292. The molecule has 0 unspecified atom stereocenters. The van der Waals surface area contributed by atoms with Crippen molar-refractivity contribution in [2.45, 2.75) is 30.7 Å². The normalized spacial score (nSPS) is 11.2. The van der Waals surface area contributed by atoms with Gasteiger partial charge >= 0.3 is 0 Å². The third kappa shape index (κ3) is 3.66. The summed E-state index contributed by atoms with van der Waals surface area (Å²) in [5.74, 6) is 0.956. The number of aryl methyl sites for hydroxylation is 1. The molecule has 3 aromatic rings. The number of thioether (sulfide) groups is 1. The summed E-state index contributed by atoms with van der Waals surface area (Å²) in [4.78, 5) is 1.35. The number of aromatic nitrogens is 3. The molecular weight excluding hydrogens is 365 g/mol. The van der Waals surface area contributed by atoms with Crippen LogP contribution in [0, 0.1) is 5.82 Å². The Labute approximate surface area is 153 Å². The molecule has 1 aromatic carbocycles. The maximum Gasteiger partial charge on any atom is 0.191 e. The number of rotatable bonds is 6. The van der Waals surface area contributed by atoms with Gasteiger partial charge in [-0.2, -0.15) is 0 Å². The summed E-state index contributed by atoms with van der Waals surface area (Å²) in [6, 6.07) is 6.89. The first-order valence-electron chi connectivity index (χ1n) is 7.63. The molecular formula is C17H17ClFN3S2. The number of hydrogen-bond acceptors (Lipinski definition) is 4. The summed E-state index contributed by atoms with van der Waals surface area (Å²) in [6.07, 6.45) is 2.21. The quantitative estimate of drug-likeness (QED) is 0.522. The average molecular weight is 382 g/mol. The number of hydrogen-bond donors (Lipinski definition) is 0. The monoisotopic (exact) mass is 381 g/mol. The largest absolute Gasteiger partial charge is 0.305 e. The Bertz CT molecular complexity index is 824. The second-order valence-electron chi connectivity index (χ2n) is 5.41. The van der Waals surface area contributed by atoms with E-state index in [1.54, 1.807) is 23.5 Å². The van der Waals surface area contributed by atoms with Crippen molar-refractivity contribution in [3.05, 3.63) is 50.9 Å². The molecule has 0 bridgehead atoms. The Morgan fingerprint density at radius 1 is 1.33 bits per heavy atom. The zero-order valence-corrected chi connectivity index (χ0v) is 15.8. The topological polar surface area (TPSA) is 30.7 Å². The lowest BCUT2D eigenvalue weighted by atomic mass is 10.2. The highest BCUT2D eigenvalue weighted by Crippen LogP contribution is 2.30. The standard InChI is InChI=1S/C17H17ClFN3S2/c1-3-5-12-8-11(9-23-12)16-20-21-17(22(16)2)24-10-13-14(18)6-4-7-15(13)19/h4,6-9H,3,5,10H2,1-2H3. The molecule has 0 N–H and O–H groups in total. The molecule has 0 saturated carbocycles. The highest BCUT2D eigenvalue weighted by atomic mass is 35.5. The zero-order chi connectivity index (χ0) is 17.1. The summed E-state index contributed by atoms with van der Waals surface area (Å²) in [5, 5.41) is 11.8. The van der Waals surface area contributed by atoms with Gasteiger partial charge in [-0.05, 0) is 24.6 Å². The molecule has 0 amide bonds. The number of halogens is 2. The van der Waals surface area contributed by atoms with Gasteiger partial charge in [0.2, 0.25) is 0 Å². The highest BCUT2D eigenvalue weighted by molar-refractivity contribution is 7.98. The van der Waals surface area contributed by atoms with E-state index in [1.165, 1.54) is 22.7 Å². The lowest BCUT2D eigenvalue weighted by molar-refractivity contribution is 0.617. The van der Waals surface area contributed by atoms with Crippen LogP contribution in [0.5, 0.6) is 0 Å². The molecule has 0 aliphatic rings. The molecule has 0 radical (unpaired) electrons. The van der Waals surface area contributed by atoms with Gasteiger partial charge in [-0.25, -0.2) is 4.39 Å². The van der Waals surface area contributed by atoms with Crippen LogP contribution in [0.4, 0.5) is 4.39 Å². The van der Waals surface area contributed by atoms with Crippen LogP contribution in [0.3, 0.4) is 0 Å². The summed E-state index contributed by atoms with van der Waals surface area (Å²) >= 11 is 9.25. The van der Waals surface area contributed by atoms with Gasteiger partial charge in [0.1, 0.15) is 5.82 Å². The maximum absolute atomic E-state index is 13.9. The predicted octanol–water partition coefficient (Wildman–Crippen LogP) is 5.58. The van der Waals surface area contributed by atoms with Crippen LogP contribution in [0.15, 0.2) is 34.8 Å². The van der Waals surface area contributed by atoms with Gasteiger partial charge in [0, 0.05) is 39.2 Å². The zero-order valence-electron chi connectivity index (χ0n) is 13.4. The van der Waals surface area contributed by atoms with Crippen LogP contribution in [-0.4, -0.2) is 14.8 Å². The van der Waals surface area contributed by atoms with Crippen molar-refractivity contribution in [1.29, 1.82) is 0 Å². The van der Waals surface area contributed by atoms with E-state index in [0.29, 0.717) is 16.3 Å². The van der Waals surface area contributed by atoms with E-state index in [4.69, 9.17) is 11.6 Å². The molecule has 2 heterocycles. The fraction of sp³-hybridized carbons (Fsp3) is 0.294. The second-order valence-corrected chi connectivity index (χ2v) is 7.75. The van der Waals surface area contributed by atoms with E-state index >= 15 is 0 Å². The van der Waals surface area contributed by atoms with Gasteiger partial charge in [0.05, 0.1) is 0 Å². The van der Waals surface area contributed by atoms with Crippen molar-refractivity contribution >= 4 is 34.7 Å². The van der Waals surface area contributed by atoms with Crippen LogP contribution >= 0.6 is 34.7 Å². The first-order valence-corrected chi connectivity index (χ1v) is 9.87. The van der Waals surface area contributed by atoms with E-state index in [-0.39, 0.29) is 5.82 Å². The van der Waals surface area contributed by atoms with Gasteiger partial charge < -0.3 is 4.57 Å². The number of thiophene rings is 1. The lowest BCUT2D eigenvalue weighted by Crippen LogP contribution is -1.95. The SMILES string of the molecule is CCCc1cc(-c2nnc(SCc3c(F)cccc3Cl)n2C)cs1. The second kappa shape index (κ2) is 7.68. The van der Waals surface area contributed by atoms with Gasteiger partial charge in [0.15, 0.2) is 11.0 Å². The minimum atomic E-state index is -0.292. The van der Waals surface area contributed by atoms with E-state index in [9.17, 15) is 4.39 Å². The van der Waals surface area contributed by atoms with Gasteiger partial charge in [0.25, 0.3) is 0 Å². The molecule has 0 aliphatic heterocycles. The Kier molecular flexibility index (Phi) is 5.58. The Morgan fingerprint density at radius 2 is 2.17 bits per heavy atom. The molecule has 126 valence electrons. The van der Waals surface area contributed by atoms with Crippen LogP contribution < -0.4 is 0 Å². The molecule has 7 heteroatoms. The van der Waals surface area contributed by atoms with Crippen LogP contribution in [-0.2, 0) is 19.2 Å². The molecule has 0 atom stereocenters. The molecule has 3 nitrogen and oxygen atoms in total. The van der Waals surface area contributed by atoms with E-state index in [1.807, 2.05) is 11.6 Å². The van der Waals surface area contributed by atoms with E-state index in [2.05, 4.69) is 28.6 Å². The Morgan fingerprint density at radius 3 is 2.92 bits per heavy atom.